The van der Waals surface area contributed by atoms with Gasteiger partial charge in [0.1, 0.15) is 6.61 Å². The van der Waals surface area contributed by atoms with Crippen LogP contribution >= 0.6 is 0 Å². The summed E-state index contributed by atoms with van der Waals surface area (Å²) >= 11 is 0. The van der Waals surface area contributed by atoms with Crippen LogP contribution in [0.5, 0.6) is 0 Å². The minimum absolute atomic E-state index is 0.00272. The van der Waals surface area contributed by atoms with Gasteiger partial charge in [0, 0.05) is 0 Å². The van der Waals surface area contributed by atoms with Gasteiger partial charge in [-0.25, -0.2) is 0 Å². The van der Waals surface area contributed by atoms with E-state index in [1.54, 1.807) is 0 Å². The average molecular weight is 244 g/mol. The SMILES string of the molecule is CCCCC(CC)OCCOC(=O)C(C)CC. The largest absolute Gasteiger partial charge is 0.463 e. The number of ether oxygens (including phenoxy) is 2. The first kappa shape index (κ1) is 16.4. The Morgan fingerprint density at radius 2 is 1.82 bits per heavy atom. The van der Waals surface area contributed by atoms with Crippen molar-refractivity contribution >= 4 is 5.97 Å². The van der Waals surface area contributed by atoms with Crippen molar-refractivity contribution in [3.63, 3.8) is 0 Å². The summed E-state index contributed by atoms with van der Waals surface area (Å²) in [5.74, 6) is -0.116. The van der Waals surface area contributed by atoms with Crippen LogP contribution in [0.4, 0.5) is 0 Å². The zero-order chi connectivity index (χ0) is 13.1. The lowest BCUT2D eigenvalue weighted by Crippen LogP contribution is -2.20. The molecule has 0 heterocycles. The Hall–Kier alpha value is -0.570. The molecule has 0 bridgehead atoms. The third-order valence-corrected chi connectivity index (χ3v) is 3.03. The summed E-state index contributed by atoms with van der Waals surface area (Å²) in [7, 11) is 0. The summed E-state index contributed by atoms with van der Waals surface area (Å²) in [4.78, 5) is 11.4. The summed E-state index contributed by atoms with van der Waals surface area (Å²) in [6.07, 6.45) is 5.67. The van der Waals surface area contributed by atoms with Gasteiger partial charge < -0.3 is 9.47 Å². The van der Waals surface area contributed by atoms with Crippen LogP contribution in [-0.4, -0.2) is 25.3 Å². The zero-order valence-electron chi connectivity index (χ0n) is 11.8. The van der Waals surface area contributed by atoms with Crippen LogP contribution in [0.2, 0.25) is 0 Å². The maximum atomic E-state index is 11.4. The molecule has 0 aliphatic rings. The second kappa shape index (κ2) is 10.6. The lowest BCUT2D eigenvalue weighted by molar-refractivity contribution is -0.150. The van der Waals surface area contributed by atoms with Crippen molar-refractivity contribution in [2.24, 2.45) is 5.92 Å². The van der Waals surface area contributed by atoms with Gasteiger partial charge in [-0.2, -0.15) is 0 Å². The van der Waals surface area contributed by atoms with Gasteiger partial charge in [0.05, 0.1) is 18.6 Å². The number of hydrogen-bond donors (Lipinski definition) is 0. The van der Waals surface area contributed by atoms with Crippen molar-refractivity contribution in [1.29, 1.82) is 0 Å². The van der Waals surface area contributed by atoms with Gasteiger partial charge in [-0.15, -0.1) is 0 Å². The zero-order valence-corrected chi connectivity index (χ0v) is 11.8. The maximum absolute atomic E-state index is 11.4. The molecule has 0 radical (unpaired) electrons. The van der Waals surface area contributed by atoms with Crippen LogP contribution in [0.1, 0.15) is 59.8 Å². The first-order valence-electron chi connectivity index (χ1n) is 6.93. The highest BCUT2D eigenvalue weighted by Gasteiger charge is 2.12. The molecule has 2 atom stereocenters. The molecule has 0 rings (SSSR count). The normalized spacial score (nSPS) is 14.4. The van der Waals surface area contributed by atoms with Crippen molar-refractivity contribution in [3.05, 3.63) is 0 Å². The number of hydrogen-bond acceptors (Lipinski definition) is 3. The number of rotatable bonds is 10. The first-order chi connectivity index (χ1) is 8.15. The molecular weight excluding hydrogens is 216 g/mol. The smallest absolute Gasteiger partial charge is 0.308 e. The number of esters is 1. The molecule has 102 valence electrons. The summed E-state index contributed by atoms with van der Waals surface area (Å²) in [6, 6.07) is 0. The Kier molecular flexibility index (Phi) is 10.2. The van der Waals surface area contributed by atoms with Crippen molar-refractivity contribution < 1.29 is 14.3 Å². The molecule has 0 aliphatic heterocycles. The third kappa shape index (κ3) is 8.19. The Bertz CT molecular complexity index is 192. The second-order valence-electron chi connectivity index (χ2n) is 4.52. The van der Waals surface area contributed by atoms with E-state index in [1.165, 1.54) is 12.8 Å². The topological polar surface area (TPSA) is 35.5 Å². The Morgan fingerprint density at radius 3 is 2.35 bits per heavy atom. The van der Waals surface area contributed by atoms with Gasteiger partial charge in [0.2, 0.25) is 0 Å². The minimum Gasteiger partial charge on any atom is -0.463 e. The molecule has 17 heavy (non-hydrogen) atoms. The fraction of sp³-hybridized carbons (Fsp3) is 0.929. The fourth-order valence-electron chi connectivity index (χ4n) is 1.50. The Balaban J connectivity index is 3.57. The molecule has 3 nitrogen and oxygen atoms in total. The van der Waals surface area contributed by atoms with Crippen LogP contribution in [0.15, 0.2) is 0 Å². The van der Waals surface area contributed by atoms with E-state index in [9.17, 15) is 4.79 Å². The number of unbranched alkanes of at least 4 members (excludes halogenated alkanes) is 1. The summed E-state index contributed by atoms with van der Waals surface area (Å²) in [6.45, 7) is 9.09. The molecule has 0 fully saturated rings. The molecule has 0 aromatic carbocycles. The van der Waals surface area contributed by atoms with Crippen molar-refractivity contribution in [3.8, 4) is 0 Å². The molecule has 0 spiro atoms. The molecule has 2 unspecified atom stereocenters. The van der Waals surface area contributed by atoms with Gasteiger partial charge >= 0.3 is 5.97 Å². The lowest BCUT2D eigenvalue weighted by Gasteiger charge is -2.16. The van der Waals surface area contributed by atoms with E-state index in [4.69, 9.17) is 9.47 Å². The van der Waals surface area contributed by atoms with E-state index in [1.807, 2.05) is 13.8 Å². The van der Waals surface area contributed by atoms with Crippen LogP contribution in [-0.2, 0) is 14.3 Å². The number of carbonyl (C=O) groups excluding carboxylic acids is 1. The van der Waals surface area contributed by atoms with Crippen LogP contribution < -0.4 is 0 Å². The van der Waals surface area contributed by atoms with E-state index < -0.39 is 0 Å². The highest BCUT2D eigenvalue weighted by molar-refractivity contribution is 5.71. The average Bonchev–Trinajstić information content (AvgIpc) is 2.36. The molecule has 0 amide bonds. The first-order valence-corrected chi connectivity index (χ1v) is 6.93. The quantitative estimate of drug-likeness (QED) is 0.435. The molecule has 0 aromatic rings. The molecule has 3 heteroatoms. The molecule has 0 aliphatic carbocycles. The second-order valence-corrected chi connectivity index (χ2v) is 4.52. The minimum atomic E-state index is -0.113. The predicted molar refractivity (Wildman–Crippen MR) is 70.0 cm³/mol. The van der Waals surface area contributed by atoms with Gasteiger partial charge in [-0.1, -0.05) is 40.5 Å². The highest BCUT2D eigenvalue weighted by atomic mass is 16.6. The van der Waals surface area contributed by atoms with Gasteiger partial charge in [-0.3, -0.25) is 4.79 Å². The molecule has 0 N–H and O–H groups in total. The molecule has 0 saturated carbocycles. The standard InChI is InChI=1S/C14H28O3/c1-5-8-9-13(7-3)16-10-11-17-14(15)12(4)6-2/h12-13H,5-11H2,1-4H3. The van der Waals surface area contributed by atoms with E-state index in [-0.39, 0.29) is 11.9 Å². The van der Waals surface area contributed by atoms with Crippen LogP contribution in [0, 0.1) is 5.92 Å². The van der Waals surface area contributed by atoms with Crippen molar-refractivity contribution in [1.82, 2.24) is 0 Å². The number of carbonyl (C=O) groups is 1. The third-order valence-electron chi connectivity index (χ3n) is 3.03. The predicted octanol–water partition coefficient (Wildman–Crippen LogP) is 3.56. The van der Waals surface area contributed by atoms with E-state index in [0.717, 1.165) is 19.3 Å². The Labute approximate surface area is 106 Å². The van der Waals surface area contributed by atoms with Crippen LogP contribution in [0.25, 0.3) is 0 Å². The van der Waals surface area contributed by atoms with E-state index >= 15 is 0 Å². The highest BCUT2D eigenvalue weighted by Crippen LogP contribution is 2.08. The lowest BCUT2D eigenvalue weighted by atomic mass is 10.1. The summed E-state index contributed by atoms with van der Waals surface area (Å²) in [5, 5.41) is 0. The van der Waals surface area contributed by atoms with Gasteiger partial charge in [0.25, 0.3) is 0 Å². The van der Waals surface area contributed by atoms with E-state index in [2.05, 4.69) is 13.8 Å². The molecular formula is C14H28O3. The van der Waals surface area contributed by atoms with Gasteiger partial charge in [-0.05, 0) is 19.3 Å². The van der Waals surface area contributed by atoms with Gasteiger partial charge in [0.15, 0.2) is 0 Å². The summed E-state index contributed by atoms with van der Waals surface area (Å²) < 4.78 is 10.8. The molecule has 0 saturated heterocycles. The Morgan fingerprint density at radius 1 is 1.12 bits per heavy atom. The summed E-state index contributed by atoms with van der Waals surface area (Å²) in [5.41, 5.74) is 0. The fourth-order valence-corrected chi connectivity index (χ4v) is 1.50. The monoisotopic (exact) mass is 244 g/mol. The van der Waals surface area contributed by atoms with Crippen LogP contribution in [0.3, 0.4) is 0 Å². The maximum Gasteiger partial charge on any atom is 0.308 e. The van der Waals surface area contributed by atoms with E-state index in [0.29, 0.717) is 19.3 Å². The van der Waals surface area contributed by atoms with Crippen molar-refractivity contribution in [2.45, 2.75) is 65.9 Å². The van der Waals surface area contributed by atoms with Crippen molar-refractivity contribution in [2.75, 3.05) is 13.2 Å². The molecule has 0 aromatic heterocycles.